The number of pyridine rings is 2. The average molecular weight is 1120 g/mol. The van der Waals surface area contributed by atoms with Gasteiger partial charge in [-0.3, -0.25) is 34.1 Å². The third-order valence-corrected chi connectivity index (χ3v) is 14.2. The number of nitrogens with one attached hydrogen (secondary N) is 5. The summed E-state index contributed by atoms with van der Waals surface area (Å²) >= 11 is 0. The van der Waals surface area contributed by atoms with Crippen molar-refractivity contribution in [3.8, 4) is 17.1 Å². The van der Waals surface area contributed by atoms with Gasteiger partial charge in [-0.15, -0.1) is 0 Å². The first-order valence-corrected chi connectivity index (χ1v) is 25.7. The Morgan fingerprint density at radius 1 is 0.800 bits per heavy atom. The molecule has 0 spiro atoms. The van der Waals surface area contributed by atoms with Gasteiger partial charge in [0.15, 0.2) is 17.2 Å². The number of aryl methyl sites for hydroxylation is 1. The predicted molar refractivity (Wildman–Crippen MR) is 274 cm³/mol. The minimum absolute atomic E-state index is 0.0109. The number of hydrogen-bond donors (Lipinski definition) is 6. The lowest BCUT2D eigenvalue weighted by atomic mass is 9.81. The van der Waals surface area contributed by atoms with Crippen molar-refractivity contribution >= 4 is 52.2 Å². The van der Waals surface area contributed by atoms with E-state index in [4.69, 9.17) is 23.9 Å². The number of nitrogens with zero attached hydrogens (tertiary/aromatic N) is 2. The molecule has 4 heterocycles. The molecule has 0 unspecified atom stereocenters. The Bertz CT molecular complexity index is 3320. The molecule has 0 fully saturated rings. The Labute approximate surface area is 454 Å². The summed E-state index contributed by atoms with van der Waals surface area (Å²) in [5, 5.41) is 25.9. The quantitative estimate of drug-likeness (QED) is 0.0127. The second kappa shape index (κ2) is 24.8. The van der Waals surface area contributed by atoms with E-state index in [9.17, 15) is 56.2 Å². The van der Waals surface area contributed by atoms with E-state index in [2.05, 4.69) is 31.3 Å². The molecule has 2 aliphatic heterocycles. The summed E-state index contributed by atoms with van der Waals surface area (Å²) in [6.07, 6.45) is 0.470. The third-order valence-electron chi connectivity index (χ3n) is 14.2. The maximum absolute atomic E-state index is 15.4. The van der Waals surface area contributed by atoms with Crippen molar-refractivity contribution in [2.24, 2.45) is 0 Å². The lowest BCUT2D eigenvalue weighted by Crippen LogP contribution is -2.54. The SMILES string of the molecule is CC[C@@]1(O)C(=O)OCc2c1cc1n(c2=O)Cc2c-1nc1cc(F)c(C)c3c1c2[C@@H](NCOCc1ccc(NC(=O)[C@H](C)NC(=O)[C@H](C)NC(=O)[C@H](C)NC(=O)CCOCCOCCC(=O)Oc2c(F)c(F)cc(F)c2F)cc1)CC3. The number of hydrogen-bond acceptors (Lipinski definition) is 15. The Morgan fingerprint density at radius 3 is 2.10 bits per heavy atom. The second-order valence-electron chi connectivity index (χ2n) is 19.5. The molecule has 5 aromatic rings. The average Bonchev–Trinajstić information content (AvgIpc) is 4.04. The van der Waals surface area contributed by atoms with Gasteiger partial charge in [0.25, 0.3) is 5.56 Å². The van der Waals surface area contributed by atoms with Crippen LogP contribution in [0.4, 0.5) is 27.6 Å². The van der Waals surface area contributed by atoms with Crippen LogP contribution in [0.2, 0.25) is 0 Å². The third kappa shape index (κ3) is 12.4. The van der Waals surface area contributed by atoms with Crippen molar-refractivity contribution in [2.75, 3.05) is 38.5 Å². The van der Waals surface area contributed by atoms with Gasteiger partial charge < -0.3 is 54.6 Å². The van der Waals surface area contributed by atoms with Gasteiger partial charge in [-0.25, -0.2) is 22.9 Å². The maximum atomic E-state index is 15.4. The van der Waals surface area contributed by atoms with Gasteiger partial charge in [-0.05, 0) is 87.4 Å². The van der Waals surface area contributed by atoms with Crippen molar-refractivity contribution in [3.63, 3.8) is 0 Å². The van der Waals surface area contributed by atoms with Crippen molar-refractivity contribution in [2.45, 2.75) is 116 Å². The minimum Gasteiger partial charge on any atom is -0.458 e. The van der Waals surface area contributed by atoms with E-state index in [0.717, 1.165) is 27.6 Å². The second-order valence-corrected chi connectivity index (χ2v) is 19.5. The summed E-state index contributed by atoms with van der Waals surface area (Å²) in [5.41, 5.74) is 3.51. The number of aliphatic hydroxyl groups is 1. The van der Waals surface area contributed by atoms with Crippen molar-refractivity contribution < 1.29 is 79.5 Å². The zero-order valence-electron chi connectivity index (χ0n) is 44.2. The van der Waals surface area contributed by atoms with E-state index in [1.165, 1.54) is 26.8 Å². The number of halogens is 5. The van der Waals surface area contributed by atoms with Gasteiger partial charge in [0.2, 0.25) is 41.0 Å². The molecule has 0 radical (unpaired) electrons. The molecule has 0 saturated heterocycles. The van der Waals surface area contributed by atoms with Gasteiger partial charge in [0, 0.05) is 46.8 Å². The number of fused-ring (bicyclic) bond motifs is 5. The molecular formula is C55H58F5N7O13. The molecule has 5 atom stereocenters. The van der Waals surface area contributed by atoms with Crippen LogP contribution in [-0.4, -0.2) is 102 Å². The summed E-state index contributed by atoms with van der Waals surface area (Å²) < 4.78 is 97.0. The van der Waals surface area contributed by atoms with Crippen LogP contribution in [0.15, 0.2) is 47.3 Å². The monoisotopic (exact) mass is 1120 g/mol. The van der Waals surface area contributed by atoms with E-state index in [1.54, 1.807) is 48.7 Å². The Hall–Kier alpha value is -7.71. The molecule has 8 rings (SSSR count). The standard InChI is InChI=1S/C55H58F5N7O13/c1-6-55(75)35-19-41-48-33(22-67(41)53(73)34(35)24-79-54(55)74)45-39(12-11-32-26(2)36(56)21-40(66-48)44(32)45)61-25-78-23-30-7-9-31(10-8-30)65-52(72)29(5)64-51(71)28(4)63-50(70)27(3)62-42(68)13-15-76-17-18-77-16-14-43(69)80-49-46(59)37(57)20-38(58)47(49)60/h7-10,19-21,27-29,39,61,75H,6,11-18,22-25H2,1-5H3,(H,62,68)(H,63,70)(H,64,71)(H,65,72)/t27-,28-,29-,39-,55-/m0/s1. The van der Waals surface area contributed by atoms with Crippen LogP contribution in [0, 0.1) is 36.0 Å². The number of carbonyl (C=O) groups excluding carboxylic acids is 6. The molecule has 3 aliphatic rings. The Morgan fingerprint density at radius 2 is 1.44 bits per heavy atom. The Kier molecular flexibility index (Phi) is 18.1. The maximum Gasteiger partial charge on any atom is 0.343 e. The van der Waals surface area contributed by atoms with E-state index in [1.807, 2.05) is 0 Å². The van der Waals surface area contributed by atoms with Crippen LogP contribution in [0.25, 0.3) is 22.3 Å². The summed E-state index contributed by atoms with van der Waals surface area (Å²) in [7, 11) is 0. The number of ether oxygens (including phenoxy) is 5. The first kappa shape index (κ1) is 58.4. The highest BCUT2D eigenvalue weighted by atomic mass is 19.2. The van der Waals surface area contributed by atoms with Crippen molar-refractivity contribution in [3.05, 3.63) is 121 Å². The van der Waals surface area contributed by atoms with Crippen LogP contribution in [0.1, 0.15) is 98.4 Å². The normalized spacial score (nSPS) is 17.1. The smallest absolute Gasteiger partial charge is 0.343 e. The molecule has 80 heavy (non-hydrogen) atoms. The summed E-state index contributed by atoms with van der Waals surface area (Å²) in [6, 6.07) is 6.40. The number of cyclic esters (lactones) is 1. The van der Waals surface area contributed by atoms with Crippen LogP contribution >= 0.6 is 0 Å². The van der Waals surface area contributed by atoms with E-state index < -0.39 is 106 Å². The molecule has 426 valence electrons. The highest BCUT2D eigenvalue weighted by molar-refractivity contribution is 5.99. The molecule has 1 aliphatic carbocycles. The number of carbonyl (C=O) groups is 6. The van der Waals surface area contributed by atoms with Crippen LogP contribution < -0.4 is 36.9 Å². The van der Waals surface area contributed by atoms with Crippen molar-refractivity contribution in [1.82, 2.24) is 30.8 Å². The van der Waals surface area contributed by atoms with Gasteiger partial charge in [0.1, 0.15) is 30.5 Å². The fraction of sp³-hybridized carbons (Fsp3) is 0.418. The van der Waals surface area contributed by atoms with E-state index in [-0.39, 0.29) is 89.0 Å². The zero-order valence-corrected chi connectivity index (χ0v) is 44.2. The van der Waals surface area contributed by atoms with Crippen LogP contribution in [-0.2, 0) is 79.5 Å². The lowest BCUT2D eigenvalue weighted by molar-refractivity contribution is -0.172. The lowest BCUT2D eigenvalue weighted by Gasteiger charge is -2.31. The molecule has 6 N–H and O–H groups in total. The van der Waals surface area contributed by atoms with Gasteiger partial charge in [0.05, 0.1) is 75.2 Å². The molecular weight excluding hydrogens is 1060 g/mol. The summed E-state index contributed by atoms with van der Waals surface area (Å²) in [6.45, 7) is 7.36. The highest BCUT2D eigenvalue weighted by Crippen LogP contribution is 2.46. The van der Waals surface area contributed by atoms with Crippen LogP contribution in [0.5, 0.6) is 5.75 Å². The molecule has 3 aromatic carbocycles. The summed E-state index contributed by atoms with van der Waals surface area (Å²) in [4.78, 5) is 94.6. The van der Waals surface area contributed by atoms with Crippen LogP contribution in [0.3, 0.4) is 0 Å². The number of esters is 2. The first-order chi connectivity index (χ1) is 38.1. The number of benzene rings is 3. The molecule has 0 bridgehead atoms. The first-order valence-electron chi connectivity index (χ1n) is 25.7. The number of rotatable bonds is 23. The molecule has 4 amide bonds. The topological polar surface area (TPSA) is 264 Å². The fourth-order valence-corrected chi connectivity index (χ4v) is 9.66. The minimum atomic E-state index is -2.00. The Balaban J connectivity index is 0.743. The van der Waals surface area contributed by atoms with E-state index in [0.29, 0.717) is 41.0 Å². The van der Waals surface area contributed by atoms with Gasteiger partial charge in [-0.2, -0.15) is 8.78 Å². The fourth-order valence-electron chi connectivity index (χ4n) is 9.66. The molecule has 0 saturated carbocycles. The van der Waals surface area contributed by atoms with Gasteiger partial charge in [-0.1, -0.05) is 19.1 Å². The molecule has 25 heteroatoms. The number of anilines is 1. The zero-order chi connectivity index (χ0) is 57.7. The van der Waals surface area contributed by atoms with Crippen molar-refractivity contribution in [1.29, 1.82) is 0 Å². The summed E-state index contributed by atoms with van der Waals surface area (Å²) in [5.74, 6) is -13.6. The van der Waals surface area contributed by atoms with E-state index >= 15 is 4.39 Å². The predicted octanol–water partition coefficient (Wildman–Crippen LogP) is 4.71. The number of amides is 4. The largest absolute Gasteiger partial charge is 0.458 e. The number of aromatic nitrogens is 2. The van der Waals surface area contributed by atoms with Gasteiger partial charge >= 0.3 is 11.9 Å². The molecule has 2 aromatic heterocycles. The molecule has 20 nitrogen and oxygen atoms in total. The highest BCUT2D eigenvalue weighted by Gasteiger charge is 2.46.